The number of rotatable bonds is 3. The zero-order valence-corrected chi connectivity index (χ0v) is 14.1. The Balaban J connectivity index is 0.00000242. The first-order valence-electron chi connectivity index (χ1n) is 6.28. The van der Waals surface area contributed by atoms with E-state index >= 15 is 0 Å². The van der Waals surface area contributed by atoms with Crippen molar-refractivity contribution < 1.29 is 21.6 Å². The Morgan fingerprint density at radius 1 is 1.27 bits per heavy atom. The number of benzene rings is 1. The topological polar surface area (TPSA) is 49.4 Å². The minimum Gasteiger partial charge on any atom is -0.312 e. The molecule has 10 heteroatoms. The predicted octanol–water partition coefficient (Wildman–Crippen LogP) is 2.70. The molecule has 0 bridgehead atoms. The number of sulfonamides is 1. The van der Waals surface area contributed by atoms with E-state index in [-0.39, 0.29) is 40.0 Å². The van der Waals surface area contributed by atoms with Crippen LogP contribution in [0.15, 0.2) is 34.1 Å². The van der Waals surface area contributed by atoms with E-state index in [1.807, 2.05) is 6.92 Å². The standard InChI is InChI=1S/C12H15F3N2O2S2.ClH/c1-9-8-17(7-6-16-9)21(18,19)11-4-2-10(3-5-11)20-12(13,14)15;/h2-5,9,16H,6-8H2,1H3;1H. The zero-order chi connectivity index (χ0) is 15.7. The van der Waals surface area contributed by atoms with E-state index in [9.17, 15) is 21.6 Å². The number of hydrogen-bond acceptors (Lipinski definition) is 4. The third kappa shape index (κ3) is 5.02. The van der Waals surface area contributed by atoms with Gasteiger partial charge in [0.2, 0.25) is 10.0 Å². The Bertz CT molecular complexity index is 593. The average molecular weight is 377 g/mol. The molecule has 1 saturated heterocycles. The van der Waals surface area contributed by atoms with Crippen LogP contribution in [-0.2, 0) is 10.0 Å². The minimum atomic E-state index is -4.38. The van der Waals surface area contributed by atoms with Crippen LogP contribution in [0.3, 0.4) is 0 Å². The molecule has 22 heavy (non-hydrogen) atoms. The Morgan fingerprint density at radius 2 is 1.86 bits per heavy atom. The van der Waals surface area contributed by atoms with Gasteiger partial charge in [-0.25, -0.2) is 8.42 Å². The molecule has 1 unspecified atom stereocenters. The zero-order valence-electron chi connectivity index (χ0n) is 11.6. The van der Waals surface area contributed by atoms with E-state index < -0.39 is 15.5 Å². The number of thioether (sulfide) groups is 1. The first kappa shape index (κ1) is 19.6. The van der Waals surface area contributed by atoms with Crippen LogP contribution in [0.4, 0.5) is 13.2 Å². The maximum Gasteiger partial charge on any atom is 0.446 e. The van der Waals surface area contributed by atoms with Crippen molar-refractivity contribution in [3.8, 4) is 0 Å². The highest BCUT2D eigenvalue weighted by Gasteiger charge is 2.31. The largest absolute Gasteiger partial charge is 0.446 e. The van der Waals surface area contributed by atoms with E-state index in [1.54, 1.807) is 0 Å². The van der Waals surface area contributed by atoms with Crippen molar-refractivity contribution in [2.75, 3.05) is 19.6 Å². The van der Waals surface area contributed by atoms with E-state index in [1.165, 1.54) is 28.6 Å². The lowest BCUT2D eigenvalue weighted by Gasteiger charge is -2.31. The number of nitrogens with one attached hydrogen (secondary N) is 1. The van der Waals surface area contributed by atoms with Gasteiger partial charge in [-0.15, -0.1) is 12.4 Å². The molecule has 0 radical (unpaired) electrons. The normalized spacial score (nSPS) is 20.5. The van der Waals surface area contributed by atoms with Crippen molar-refractivity contribution in [1.29, 1.82) is 0 Å². The van der Waals surface area contributed by atoms with Crippen molar-refractivity contribution in [1.82, 2.24) is 9.62 Å². The van der Waals surface area contributed by atoms with Gasteiger partial charge in [0.05, 0.1) is 4.90 Å². The monoisotopic (exact) mass is 376 g/mol. The van der Waals surface area contributed by atoms with Gasteiger partial charge in [-0.05, 0) is 43.0 Å². The molecule has 2 rings (SSSR count). The molecule has 1 aliphatic heterocycles. The summed E-state index contributed by atoms with van der Waals surface area (Å²) < 4.78 is 62.9. The van der Waals surface area contributed by atoms with Gasteiger partial charge in [0, 0.05) is 30.6 Å². The first-order valence-corrected chi connectivity index (χ1v) is 8.53. The van der Waals surface area contributed by atoms with Gasteiger partial charge in [0.25, 0.3) is 0 Å². The van der Waals surface area contributed by atoms with E-state index in [4.69, 9.17) is 0 Å². The summed E-state index contributed by atoms with van der Waals surface area (Å²) in [7, 11) is -3.65. The van der Waals surface area contributed by atoms with Gasteiger partial charge < -0.3 is 5.32 Å². The van der Waals surface area contributed by atoms with Crippen LogP contribution in [0.25, 0.3) is 0 Å². The highest BCUT2D eigenvalue weighted by molar-refractivity contribution is 8.00. The quantitative estimate of drug-likeness (QED) is 0.824. The molecule has 0 spiro atoms. The minimum absolute atomic E-state index is 0. The maximum absolute atomic E-state index is 12.4. The molecule has 1 aromatic rings. The highest BCUT2D eigenvalue weighted by atomic mass is 35.5. The molecule has 1 N–H and O–H groups in total. The van der Waals surface area contributed by atoms with Crippen LogP contribution < -0.4 is 5.32 Å². The molecule has 1 fully saturated rings. The summed E-state index contributed by atoms with van der Waals surface area (Å²) in [5.41, 5.74) is -4.38. The highest BCUT2D eigenvalue weighted by Crippen LogP contribution is 2.37. The fourth-order valence-electron chi connectivity index (χ4n) is 2.08. The summed E-state index contributed by atoms with van der Waals surface area (Å²) >= 11 is -0.262. The van der Waals surface area contributed by atoms with Gasteiger partial charge in [-0.1, -0.05) is 0 Å². The average Bonchev–Trinajstić information content (AvgIpc) is 2.37. The molecular formula is C12H16ClF3N2O2S2. The molecule has 0 saturated carbocycles. The Hall–Kier alpha value is -0.480. The number of alkyl halides is 3. The molecule has 4 nitrogen and oxygen atoms in total. The van der Waals surface area contributed by atoms with E-state index in [2.05, 4.69) is 5.32 Å². The summed E-state index contributed by atoms with van der Waals surface area (Å²) in [6.07, 6.45) is 0. The molecule has 0 amide bonds. The predicted molar refractivity (Wildman–Crippen MR) is 81.8 cm³/mol. The molecular weight excluding hydrogens is 361 g/mol. The van der Waals surface area contributed by atoms with Crippen LogP contribution in [0, 0.1) is 0 Å². The third-order valence-corrected chi connectivity index (χ3v) is 5.65. The SMILES string of the molecule is CC1CN(S(=O)(=O)c2ccc(SC(F)(F)F)cc2)CCN1.Cl. The van der Waals surface area contributed by atoms with Gasteiger partial charge in [-0.2, -0.15) is 17.5 Å². The maximum atomic E-state index is 12.4. The Kier molecular flexibility index (Phi) is 6.58. The van der Waals surface area contributed by atoms with Gasteiger partial charge in [0.1, 0.15) is 0 Å². The lowest BCUT2D eigenvalue weighted by molar-refractivity contribution is -0.0328. The number of hydrogen-bond donors (Lipinski definition) is 1. The molecule has 0 aliphatic carbocycles. The van der Waals surface area contributed by atoms with Crippen LogP contribution in [0.2, 0.25) is 0 Å². The molecule has 0 aromatic heterocycles. The second-order valence-electron chi connectivity index (χ2n) is 4.74. The van der Waals surface area contributed by atoms with Gasteiger partial charge in [0.15, 0.2) is 0 Å². The summed E-state index contributed by atoms with van der Waals surface area (Å²) in [6, 6.07) is 4.84. The second-order valence-corrected chi connectivity index (χ2v) is 7.81. The van der Waals surface area contributed by atoms with Crippen LogP contribution in [0.1, 0.15) is 6.92 Å². The van der Waals surface area contributed by atoms with Gasteiger partial charge >= 0.3 is 5.51 Å². The van der Waals surface area contributed by atoms with Gasteiger partial charge in [-0.3, -0.25) is 0 Å². The molecule has 126 valence electrons. The Labute approximate surface area is 137 Å². The van der Waals surface area contributed by atoms with Crippen molar-refractivity contribution in [3.63, 3.8) is 0 Å². The molecule has 1 heterocycles. The van der Waals surface area contributed by atoms with E-state index in [0.29, 0.717) is 19.6 Å². The number of piperazine rings is 1. The van der Waals surface area contributed by atoms with Crippen molar-refractivity contribution in [3.05, 3.63) is 24.3 Å². The van der Waals surface area contributed by atoms with Crippen molar-refractivity contribution >= 4 is 34.2 Å². The van der Waals surface area contributed by atoms with Crippen molar-refractivity contribution in [2.45, 2.75) is 28.3 Å². The van der Waals surface area contributed by atoms with Crippen LogP contribution in [-0.4, -0.2) is 43.9 Å². The Morgan fingerprint density at radius 3 is 2.36 bits per heavy atom. The fraction of sp³-hybridized carbons (Fsp3) is 0.500. The summed E-state index contributed by atoms with van der Waals surface area (Å²) in [5.74, 6) is 0. The molecule has 1 atom stereocenters. The fourth-order valence-corrected chi connectivity index (χ4v) is 4.15. The van der Waals surface area contributed by atoms with E-state index in [0.717, 1.165) is 0 Å². The number of nitrogens with zero attached hydrogens (tertiary/aromatic N) is 1. The van der Waals surface area contributed by atoms with Crippen molar-refractivity contribution in [2.24, 2.45) is 0 Å². The third-order valence-electron chi connectivity index (χ3n) is 3.03. The smallest absolute Gasteiger partial charge is 0.312 e. The summed E-state index contributed by atoms with van der Waals surface area (Å²) in [4.78, 5) is -0.0155. The van der Waals surface area contributed by atoms with Crippen LogP contribution >= 0.6 is 24.2 Å². The second kappa shape index (κ2) is 7.39. The number of halogens is 4. The summed E-state index contributed by atoms with van der Waals surface area (Å²) in [5, 5.41) is 3.14. The molecule has 1 aromatic carbocycles. The van der Waals surface area contributed by atoms with Crippen LogP contribution in [0.5, 0.6) is 0 Å². The lowest BCUT2D eigenvalue weighted by atomic mass is 10.3. The lowest BCUT2D eigenvalue weighted by Crippen LogP contribution is -2.51. The first-order chi connectivity index (χ1) is 9.68. The molecule has 1 aliphatic rings. The summed E-state index contributed by atoms with van der Waals surface area (Å²) in [6.45, 7) is 3.14.